The van der Waals surface area contributed by atoms with Gasteiger partial charge < -0.3 is 4.74 Å². The number of halogens is 1. The summed E-state index contributed by atoms with van der Waals surface area (Å²) >= 11 is 3.30. The van der Waals surface area contributed by atoms with E-state index in [1.54, 1.807) is 18.2 Å². The summed E-state index contributed by atoms with van der Waals surface area (Å²) in [5.74, 6) is -0.835. The molecule has 1 aromatic carbocycles. The molecule has 1 aliphatic rings. The van der Waals surface area contributed by atoms with E-state index in [2.05, 4.69) is 21.2 Å². The molecule has 1 N–H and O–H groups in total. The van der Waals surface area contributed by atoms with Gasteiger partial charge in [0, 0.05) is 15.6 Å². The van der Waals surface area contributed by atoms with Crippen LogP contribution in [0.25, 0.3) is 5.57 Å². The van der Waals surface area contributed by atoms with E-state index >= 15 is 0 Å². The second kappa shape index (κ2) is 4.09. The number of rotatable bonds is 1. The zero-order valence-corrected chi connectivity index (χ0v) is 10.00. The van der Waals surface area contributed by atoms with Gasteiger partial charge in [-0.2, -0.15) is 0 Å². The number of ether oxygens (including phenoxy) is 1. The van der Waals surface area contributed by atoms with E-state index < -0.39 is 5.91 Å². The van der Waals surface area contributed by atoms with Crippen molar-refractivity contribution < 1.29 is 14.3 Å². The molecule has 0 bridgehead atoms. The van der Waals surface area contributed by atoms with Gasteiger partial charge in [-0.25, -0.2) is 0 Å². The maximum absolute atomic E-state index is 11.6. The van der Waals surface area contributed by atoms with Gasteiger partial charge in [-0.05, 0) is 18.2 Å². The van der Waals surface area contributed by atoms with Gasteiger partial charge in [-0.15, -0.1) is 0 Å². The van der Waals surface area contributed by atoms with Crippen molar-refractivity contribution in [3.8, 4) is 0 Å². The lowest BCUT2D eigenvalue weighted by Crippen LogP contribution is -2.36. The topological polar surface area (TPSA) is 55.4 Å². The molecule has 0 spiro atoms. The second-order valence-corrected chi connectivity index (χ2v) is 4.16. The molecule has 16 heavy (non-hydrogen) atoms. The predicted molar refractivity (Wildman–Crippen MR) is 61.6 cm³/mol. The normalized spacial score (nSPS) is 17.0. The highest BCUT2D eigenvalue weighted by Crippen LogP contribution is 2.27. The Bertz CT molecular complexity index is 508. The highest BCUT2D eigenvalue weighted by atomic mass is 79.9. The number of hydrogen-bond donors (Lipinski definition) is 1. The fourth-order valence-electron chi connectivity index (χ4n) is 1.53. The van der Waals surface area contributed by atoms with Crippen LogP contribution < -0.4 is 5.32 Å². The first-order valence-corrected chi connectivity index (χ1v) is 5.31. The van der Waals surface area contributed by atoms with Crippen molar-refractivity contribution >= 4 is 33.3 Å². The molecule has 1 aliphatic heterocycles. The molecule has 4 nitrogen and oxygen atoms in total. The molecule has 0 atom stereocenters. The Hall–Kier alpha value is -1.62. The van der Waals surface area contributed by atoms with E-state index in [0.29, 0.717) is 16.7 Å². The van der Waals surface area contributed by atoms with Gasteiger partial charge in [0.2, 0.25) is 0 Å². The minimum atomic E-state index is -0.447. The van der Waals surface area contributed by atoms with Gasteiger partial charge >= 0.3 is 0 Å². The molecule has 1 heterocycles. The first kappa shape index (κ1) is 10.9. The Balaban J connectivity index is 2.65. The molecule has 82 valence electrons. The fraction of sp³-hybridized carbons (Fsp3) is 0.0909. The van der Waals surface area contributed by atoms with Crippen molar-refractivity contribution in [1.29, 1.82) is 0 Å². The van der Waals surface area contributed by atoms with E-state index in [9.17, 15) is 9.59 Å². The van der Waals surface area contributed by atoms with Gasteiger partial charge in [0.15, 0.2) is 0 Å². The van der Waals surface area contributed by atoms with Gasteiger partial charge in [0.1, 0.15) is 0 Å². The van der Waals surface area contributed by atoms with E-state index in [1.165, 1.54) is 13.4 Å². The predicted octanol–water partition coefficient (Wildman–Crippen LogP) is 1.71. The molecular formula is C11H8BrNO3. The third kappa shape index (κ3) is 1.74. The van der Waals surface area contributed by atoms with E-state index in [-0.39, 0.29) is 5.91 Å². The van der Waals surface area contributed by atoms with Crippen molar-refractivity contribution in [3.05, 3.63) is 40.1 Å². The van der Waals surface area contributed by atoms with E-state index in [4.69, 9.17) is 4.74 Å². The second-order valence-electron chi connectivity index (χ2n) is 3.24. The Morgan fingerprint density at radius 1 is 1.25 bits per heavy atom. The summed E-state index contributed by atoms with van der Waals surface area (Å²) in [4.78, 5) is 23.1. The van der Waals surface area contributed by atoms with Crippen LogP contribution in [0.15, 0.2) is 28.9 Å². The minimum absolute atomic E-state index is 0.346. The first-order chi connectivity index (χ1) is 7.63. The molecule has 0 unspecified atom stereocenters. The molecule has 0 radical (unpaired) electrons. The molecule has 0 fully saturated rings. The number of hydrogen-bond acceptors (Lipinski definition) is 3. The van der Waals surface area contributed by atoms with Crippen molar-refractivity contribution in [2.45, 2.75) is 0 Å². The number of nitrogens with one attached hydrogen (secondary N) is 1. The van der Waals surface area contributed by atoms with Gasteiger partial charge in [-0.3, -0.25) is 14.9 Å². The van der Waals surface area contributed by atoms with Crippen LogP contribution in [0, 0.1) is 0 Å². The summed E-state index contributed by atoms with van der Waals surface area (Å²) in [5.41, 5.74) is 1.38. The SMILES string of the molecule is CO/C=C1\C(=O)NC(=O)c2ccc(Br)cc21. The average Bonchev–Trinajstić information content (AvgIpc) is 2.23. The highest BCUT2D eigenvalue weighted by Gasteiger charge is 2.27. The van der Waals surface area contributed by atoms with Crippen LogP contribution in [-0.2, 0) is 9.53 Å². The Morgan fingerprint density at radius 3 is 2.69 bits per heavy atom. The molecule has 0 saturated heterocycles. The van der Waals surface area contributed by atoms with Gasteiger partial charge in [-0.1, -0.05) is 15.9 Å². The van der Waals surface area contributed by atoms with Gasteiger partial charge in [0.05, 0.1) is 18.9 Å². The molecule has 0 aromatic heterocycles. The lowest BCUT2D eigenvalue weighted by molar-refractivity contribution is -0.114. The van der Waals surface area contributed by atoms with E-state index in [0.717, 1.165) is 4.47 Å². The number of imide groups is 1. The molecule has 5 heteroatoms. The third-order valence-electron chi connectivity index (χ3n) is 2.22. The zero-order valence-electron chi connectivity index (χ0n) is 8.41. The van der Waals surface area contributed by atoms with Crippen LogP contribution in [0.4, 0.5) is 0 Å². The summed E-state index contributed by atoms with van der Waals surface area (Å²) in [5, 5.41) is 2.25. The number of benzene rings is 1. The fourth-order valence-corrected chi connectivity index (χ4v) is 1.89. The summed E-state index contributed by atoms with van der Waals surface area (Å²) in [6.07, 6.45) is 1.33. The lowest BCUT2D eigenvalue weighted by Gasteiger charge is -2.17. The minimum Gasteiger partial charge on any atom is -0.504 e. The number of carbonyl (C=O) groups excluding carboxylic acids is 2. The maximum Gasteiger partial charge on any atom is 0.261 e. The quantitative estimate of drug-likeness (QED) is 0.484. The molecule has 0 aliphatic carbocycles. The van der Waals surface area contributed by atoms with Crippen molar-refractivity contribution in [2.24, 2.45) is 0 Å². The summed E-state index contributed by atoms with van der Waals surface area (Å²) in [7, 11) is 1.45. The molecule has 0 saturated carbocycles. The van der Waals surface area contributed by atoms with Crippen molar-refractivity contribution in [2.75, 3.05) is 7.11 Å². The van der Waals surface area contributed by atoms with Crippen LogP contribution in [0.5, 0.6) is 0 Å². The maximum atomic E-state index is 11.6. The molecule has 2 amide bonds. The van der Waals surface area contributed by atoms with Crippen LogP contribution in [-0.4, -0.2) is 18.9 Å². The van der Waals surface area contributed by atoms with E-state index in [1.807, 2.05) is 0 Å². The van der Waals surface area contributed by atoms with Crippen LogP contribution in [0.3, 0.4) is 0 Å². The Morgan fingerprint density at radius 2 is 2.00 bits per heavy atom. The van der Waals surface area contributed by atoms with Gasteiger partial charge in [0.25, 0.3) is 11.8 Å². The Labute approximate surface area is 100 Å². The number of fused-ring (bicyclic) bond motifs is 1. The lowest BCUT2D eigenvalue weighted by atomic mass is 9.96. The summed E-state index contributed by atoms with van der Waals surface area (Å²) in [6.45, 7) is 0. The zero-order chi connectivity index (χ0) is 11.7. The number of methoxy groups -OCH3 is 1. The van der Waals surface area contributed by atoms with Crippen LogP contribution >= 0.6 is 15.9 Å². The standard InChI is InChI=1S/C11H8BrNO3/c1-16-5-9-8-4-6(12)2-3-7(8)10(14)13-11(9)15/h2-5H,1H3,(H,13,14,15)/b9-5-. The summed E-state index contributed by atoms with van der Waals surface area (Å²) in [6, 6.07) is 5.13. The summed E-state index contributed by atoms with van der Waals surface area (Å²) < 4.78 is 5.64. The monoisotopic (exact) mass is 281 g/mol. The highest BCUT2D eigenvalue weighted by molar-refractivity contribution is 9.10. The number of amides is 2. The van der Waals surface area contributed by atoms with Crippen molar-refractivity contribution in [3.63, 3.8) is 0 Å². The third-order valence-corrected chi connectivity index (χ3v) is 2.72. The molecule has 2 rings (SSSR count). The first-order valence-electron chi connectivity index (χ1n) is 4.52. The smallest absolute Gasteiger partial charge is 0.261 e. The van der Waals surface area contributed by atoms with Crippen molar-refractivity contribution in [1.82, 2.24) is 5.32 Å². The molecule has 1 aromatic rings. The van der Waals surface area contributed by atoms with Crippen LogP contribution in [0.2, 0.25) is 0 Å². The average molecular weight is 282 g/mol. The largest absolute Gasteiger partial charge is 0.504 e. The Kier molecular flexibility index (Phi) is 2.78. The van der Waals surface area contributed by atoms with Crippen LogP contribution in [0.1, 0.15) is 15.9 Å². The molecular weight excluding hydrogens is 274 g/mol. The number of carbonyl (C=O) groups is 2.